The van der Waals surface area contributed by atoms with Crippen LogP contribution in [0.2, 0.25) is 0 Å². The molecule has 1 aromatic rings. The summed E-state index contributed by atoms with van der Waals surface area (Å²) in [5.74, 6) is 0.313. The topological polar surface area (TPSA) is 45.2 Å². The fraction of sp³-hybridized carbons (Fsp3) is 0.545. The number of hydrogen-bond acceptors (Lipinski definition) is 3. The molecular formula is C11H18N2O. The van der Waals surface area contributed by atoms with E-state index in [9.17, 15) is 0 Å². The zero-order valence-corrected chi connectivity index (χ0v) is 8.83. The third-order valence-corrected chi connectivity index (χ3v) is 2.07. The molecule has 1 atom stereocenters. The van der Waals surface area contributed by atoms with Crippen LogP contribution < -0.4 is 5.32 Å². The maximum absolute atomic E-state index is 8.82. The first-order valence-corrected chi connectivity index (χ1v) is 4.94. The van der Waals surface area contributed by atoms with Crippen molar-refractivity contribution >= 4 is 0 Å². The Morgan fingerprint density at radius 2 is 2.29 bits per heavy atom. The normalized spacial score (nSPS) is 12.8. The molecule has 0 aliphatic heterocycles. The Bertz CT molecular complexity index is 276. The van der Waals surface area contributed by atoms with Gasteiger partial charge in [-0.05, 0) is 24.0 Å². The molecule has 14 heavy (non-hydrogen) atoms. The molecule has 0 aliphatic carbocycles. The van der Waals surface area contributed by atoms with Crippen molar-refractivity contribution in [3.63, 3.8) is 0 Å². The largest absolute Gasteiger partial charge is 0.396 e. The minimum Gasteiger partial charge on any atom is -0.396 e. The van der Waals surface area contributed by atoms with Crippen molar-refractivity contribution in [3.05, 3.63) is 29.6 Å². The third-order valence-electron chi connectivity index (χ3n) is 2.07. The van der Waals surface area contributed by atoms with Crippen LogP contribution in [0.25, 0.3) is 0 Å². The monoisotopic (exact) mass is 194 g/mol. The summed E-state index contributed by atoms with van der Waals surface area (Å²) in [5.41, 5.74) is 2.37. The SMILES string of the molecule is Cc1cncc(CNCC(C)CO)c1. The molecule has 3 heteroatoms. The zero-order valence-electron chi connectivity index (χ0n) is 8.83. The maximum Gasteiger partial charge on any atom is 0.0468 e. The number of pyridine rings is 1. The van der Waals surface area contributed by atoms with E-state index < -0.39 is 0 Å². The Balaban J connectivity index is 2.31. The van der Waals surface area contributed by atoms with E-state index in [-0.39, 0.29) is 6.61 Å². The molecule has 0 aliphatic rings. The van der Waals surface area contributed by atoms with Crippen LogP contribution in [0.5, 0.6) is 0 Å². The van der Waals surface area contributed by atoms with E-state index in [4.69, 9.17) is 5.11 Å². The Morgan fingerprint density at radius 1 is 1.50 bits per heavy atom. The van der Waals surface area contributed by atoms with Crippen LogP contribution in [0.1, 0.15) is 18.1 Å². The average molecular weight is 194 g/mol. The van der Waals surface area contributed by atoms with Crippen molar-refractivity contribution in [3.8, 4) is 0 Å². The zero-order chi connectivity index (χ0) is 10.4. The van der Waals surface area contributed by atoms with Gasteiger partial charge < -0.3 is 10.4 Å². The van der Waals surface area contributed by atoms with Crippen LogP contribution in [0.3, 0.4) is 0 Å². The maximum atomic E-state index is 8.82. The highest BCUT2D eigenvalue weighted by Gasteiger charge is 1.99. The van der Waals surface area contributed by atoms with Gasteiger partial charge in [0.1, 0.15) is 0 Å². The van der Waals surface area contributed by atoms with E-state index in [1.807, 2.05) is 26.2 Å². The van der Waals surface area contributed by atoms with Crippen molar-refractivity contribution in [2.75, 3.05) is 13.2 Å². The van der Waals surface area contributed by atoms with Crippen LogP contribution in [-0.4, -0.2) is 23.2 Å². The van der Waals surface area contributed by atoms with Crippen molar-refractivity contribution in [2.24, 2.45) is 5.92 Å². The van der Waals surface area contributed by atoms with Gasteiger partial charge in [0.05, 0.1) is 0 Å². The predicted octanol–water partition coefficient (Wildman–Crippen LogP) is 1.11. The van der Waals surface area contributed by atoms with Gasteiger partial charge in [-0.3, -0.25) is 4.98 Å². The summed E-state index contributed by atoms with van der Waals surface area (Å²) in [7, 11) is 0. The number of rotatable bonds is 5. The lowest BCUT2D eigenvalue weighted by Gasteiger charge is -2.09. The van der Waals surface area contributed by atoms with Crippen LogP contribution in [-0.2, 0) is 6.54 Å². The lowest BCUT2D eigenvalue weighted by Crippen LogP contribution is -2.22. The number of nitrogens with one attached hydrogen (secondary N) is 1. The van der Waals surface area contributed by atoms with Crippen LogP contribution in [0.15, 0.2) is 18.5 Å². The summed E-state index contributed by atoms with van der Waals surface area (Å²) in [6.45, 7) is 5.94. The summed E-state index contributed by atoms with van der Waals surface area (Å²) in [4.78, 5) is 4.11. The second-order valence-corrected chi connectivity index (χ2v) is 3.79. The molecule has 78 valence electrons. The fourth-order valence-electron chi connectivity index (χ4n) is 1.24. The minimum atomic E-state index is 0.235. The van der Waals surface area contributed by atoms with E-state index in [0.717, 1.165) is 13.1 Å². The van der Waals surface area contributed by atoms with Crippen molar-refractivity contribution in [1.82, 2.24) is 10.3 Å². The van der Waals surface area contributed by atoms with Crippen LogP contribution in [0.4, 0.5) is 0 Å². The van der Waals surface area contributed by atoms with Crippen molar-refractivity contribution in [1.29, 1.82) is 0 Å². The van der Waals surface area contributed by atoms with Gasteiger partial charge in [0, 0.05) is 32.1 Å². The minimum absolute atomic E-state index is 0.235. The van der Waals surface area contributed by atoms with E-state index in [2.05, 4.69) is 16.4 Å². The molecule has 0 fully saturated rings. The van der Waals surface area contributed by atoms with E-state index in [0.29, 0.717) is 5.92 Å². The van der Waals surface area contributed by atoms with Gasteiger partial charge in [-0.15, -0.1) is 0 Å². The molecule has 2 N–H and O–H groups in total. The Labute approximate surface area is 85.2 Å². The highest BCUT2D eigenvalue weighted by Crippen LogP contribution is 2.00. The van der Waals surface area contributed by atoms with Crippen LogP contribution in [0, 0.1) is 12.8 Å². The first-order valence-electron chi connectivity index (χ1n) is 4.94. The van der Waals surface area contributed by atoms with Crippen molar-refractivity contribution < 1.29 is 5.11 Å². The number of aromatic nitrogens is 1. The Hall–Kier alpha value is -0.930. The number of nitrogens with zero attached hydrogens (tertiary/aromatic N) is 1. The van der Waals surface area contributed by atoms with E-state index >= 15 is 0 Å². The number of aryl methyl sites for hydroxylation is 1. The lowest BCUT2D eigenvalue weighted by molar-refractivity contribution is 0.233. The van der Waals surface area contributed by atoms with Gasteiger partial charge in [0.15, 0.2) is 0 Å². The highest BCUT2D eigenvalue weighted by molar-refractivity contribution is 5.16. The first-order chi connectivity index (χ1) is 6.72. The van der Waals surface area contributed by atoms with Gasteiger partial charge in [0.2, 0.25) is 0 Å². The second kappa shape index (κ2) is 5.73. The van der Waals surface area contributed by atoms with Crippen LogP contribution >= 0.6 is 0 Å². The highest BCUT2D eigenvalue weighted by atomic mass is 16.3. The van der Waals surface area contributed by atoms with Gasteiger partial charge in [-0.2, -0.15) is 0 Å². The number of aliphatic hydroxyl groups excluding tert-OH is 1. The number of hydrogen-bond donors (Lipinski definition) is 2. The van der Waals surface area contributed by atoms with Gasteiger partial charge in [-0.1, -0.05) is 13.0 Å². The average Bonchev–Trinajstić information content (AvgIpc) is 2.17. The Morgan fingerprint density at radius 3 is 2.93 bits per heavy atom. The van der Waals surface area contributed by atoms with E-state index in [1.165, 1.54) is 11.1 Å². The molecule has 0 radical (unpaired) electrons. The molecule has 0 saturated heterocycles. The molecule has 0 spiro atoms. The quantitative estimate of drug-likeness (QED) is 0.738. The smallest absolute Gasteiger partial charge is 0.0468 e. The predicted molar refractivity (Wildman–Crippen MR) is 56.9 cm³/mol. The summed E-state index contributed by atoms with van der Waals surface area (Å²) in [6, 6.07) is 2.11. The molecule has 0 aromatic carbocycles. The summed E-state index contributed by atoms with van der Waals surface area (Å²) in [6.07, 6.45) is 3.71. The summed E-state index contributed by atoms with van der Waals surface area (Å²) < 4.78 is 0. The third kappa shape index (κ3) is 3.85. The standard InChI is InChI=1S/C11H18N2O/c1-9-3-11(6-12-4-9)7-13-5-10(2)8-14/h3-4,6,10,13-14H,5,7-8H2,1-2H3. The molecule has 1 aromatic heterocycles. The molecule has 1 rings (SSSR count). The van der Waals surface area contributed by atoms with Gasteiger partial charge in [-0.25, -0.2) is 0 Å². The van der Waals surface area contributed by atoms with Gasteiger partial charge >= 0.3 is 0 Å². The molecular weight excluding hydrogens is 176 g/mol. The Kier molecular flexibility index (Phi) is 4.56. The fourth-order valence-corrected chi connectivity index (χ4v) is 1.24. The van der Waals surface area contributed by atoms with Gasteiger partial charge in [0.25, 0.3) is 0 Å². The molecule has 0 bridgehead atoms. The van der Waals surface area contributed by atoms with E-state index in [1.54, 1.807) is 0 Å². The molecule has 0 saturated carbocycles. The lowest BCUT2D eigenvalue weighted by atomic mass is 10.2. The molecule has 1 unspecified atom stereocenters. The molecule has 0 amide bonds. The molecule has 1 heterocycles. The second-order valence-electron chi connectivity index (χ2n) is 3.79. The molecule has 3 nitrogen and oxygen atoms in total. The number of aliphatic hydroxyl groups is 1. The summed E-state index contributed by atoms with van der Waals surface area (Å²) >= 11 is 0. The van der Waals surface area contributed by atoms with Crippen molar-refractivity contribution in [2.45, 2.75) is 20.4 Å². The first kappa shape index (κ1) is 11.1. The summed E-state index contributed by atoms with van der Waals surface area (Å²) in [5, 5.41) is 12.1.